The summed E-state index contributed by atoms with van der Waals surface area (Å²) in [4.78, 5) is 8.41. The quantitative estimate of drug-likeness (QED) is 0.849. The summed E-state index contributed by atoms with van der Waals surface area (Å²) in [7, 11) is 0. The molecule has 0 aliphatic carbocycles. The van der Waals surface area contributed by atoms with Gasteiger partial charge < -0.3 is 10.6 Å². The lowest BCUT2D eigenvalue weighted by molar-refractivity contribution is 0.687. The number of nitrogens with zero attached hydrogens (tertiary/aromatic N) is 2. The van der Waals surface area contributed by atoms with Crippen molar-refractivity contribution in [3.05, 3.63) is 47.2 Å². The minimum atomic E-state index is 0.579. The van der Waals surface area contributed by atoms with Gasteiger partial charge in [0.25, 0.3) is 0 Å². The Morgan fingerprint density at radius 3 is 2.35 bits per heavy atom. The molecule has 4 nitrogen and oxygen atoms in total. The highest BCUT2D eigenvalue weighted by molar-refractivity contribution is 6.30. The molecule has 2 N–H and O–H groups in total. The molecule has 1 heterocycles. The lowest BCUT2D eigenvalue weighted by Gasteiger charge is -2.10. The third kappa shape index (κ3) is 4.70. The SMILES string of the molecule is CC(C)CNc1cc(NCc2ccc(Cl)cc2)ncn1. The van der Waals surface area contributed by atoms with E-state index in [0.717, 1.165) is 28.8 Å². The van der Waals surface area contributed by atoms with Gasteiger partial charge in [-0.05, 0) is 23.6 Å². The van der Waals surface area contributed by atoms with Gasteiger partial charge in [0.15, 0.2) is 0 Å². The summed E-state index contributed by atoms with van der Waals surface area (Å²) in [6.45, 7) is 5.92. The maximum Gasteiger partial charge on any atom is 0.131 e. The van der Waals surface area contributed by atoms with Gasteiger partial charge in [0.1, 0.15) is 18.0 Å². The van der Waals surface area contributed by atoms with Crippen molar-refractivity contribution in [3.8, 4) is 0 Å². The standard InChI is InChI=1S/C15H19ClN4/c1-11(2)8-17-14-7-15(20-10-19-14)18-9-12-3-5-13(16)6-4-12/h3-7,10-11H,8-9H2,1-2H3,(H2,17,18,19,20). The van der Waals surface area contributed by atoms with E-state index in [9.17, 15) is 0 Å². The third-order valence-electron chi connectivity index (χ3n) is 2.75. The van der Waals surface area contributed by atoms with Gasteiger partial charge >= 0.3 is 0 Å². The van der Waals surface area contributed by atoms with Gasteiger partial charge in [-0.25, -0.2) is 9.97 Å². The summed E-state index contributed by atoms with van der Waals surface area (Å²) in [6.07, 6.45) is 1.56. The molecule has 5 heteroatoms. The number of hydrogen-bond acceptors (Lipinski definition) is 4. The van der Waals surface area contributed by atoms with E-state index in [1.165, 1.54) is 0 Å². The van der Waals surface area contributed by atoms with E-state index in [2.05, 4.69) is 34.4 Å². The summed E-state index contributed by atoms with van der Waals surface area (Å²) in [6, 6.07) is 9.67. The summed E-state index contributed by atoms with van der Waals surface area (Å²) in [5, 5.41) is 7.30. The van der Waals surface area contributed by atoms with Crippen LogP contribution in [0.3, 0.4) is 0 Å². The number of aromatic nitrogens is 2. The molecule has 1 aromatic heterocycles. The van der Waals surface area contributed by atoms with Crippen molar-refractivity contribution in [3.63, 3.8) is 0 Å². The van der Waals surface area contributed by atoms with E-state index in [4.69, 9.17) is 11.6 Å². The molecule has 2 rings (SSSR count). The molecule has 20 heavy (non-hydrogen) atoms. The summed E-state index contributed by atoms with van der Waals surface area (Å²) < 4.78 is 0. The first-order chi connectivity index (χ1) is 9.63. The predicted octanol–water partition coefficient (Wildman–Crippen LogP) is 3.81. The molecule has 0 amide bonds. The number of rotatable bonds is 6. The fraction of sp³-hybridized carbons (Fsp3) is 0.333. The van der Waals surface area contributed by atoms with Crippen LogP contribution in [0.25, 0.3) is 0 Å². The maximum atomic E-state index is 5.86. The number of anilines is 2. The Balaban J connectivity index is 1.92. The van der Waals surface area contributed by atoms with Crippen molar-refractivity contribution in [2.24, 2.45) is 5.92 Å². The zero-order valence-electron chi connectivity index (χ0n) is 11.7. The lowest BCUT2D eigenvalue weighted by atomic mass is 10.2. The van der Waals surface area contributed by atoms with Crippen molar-refractivity contribution < 1.29 is 0 Å². The monoisotopic (exact) mass is 290 g/mol. The van der Waals surface area contributed by atoms with Gasteiger partial charge in [-0.2, -0.15) is 0 Å². The van der Waals surface area contributed by atoms with E-state index in [1.54, 1.807) is 6.33 Å². The fourth-order valence-corrected chi connectivity index (χ4v) is 1.78. The van der Waals surface area contributed by atoms with Crippen molar-refractivity contribution >= 4 is 23.2 Å². The van der Waals surface area contributed by atoms with Crippen molar-refractivity contribution in [2.75, 3.05) is 17.2 Å². The Bertz CT molecular complexity index is 540. The van der Waals surface area contributed by atoms with Gasteiger partial charge in [-0.1, -0.05) is 37.6 Å². The highest BCUT2D eigenvalue weighted by atomic mass is 35.5. The average Bonchev–Trinajstić information content (AvgIpc) is 2.45. The lowest BCUT2D eigenvalue weighted by Crippen LogP contribution is -2.10. The minimum Gasteiger partial charge on any atom is -0.370 e. The zero-order valence-corrected chi connectivity index (χ0v) is 12.5. The van der Waals surface area contributed by atoms with Gasteiger partial charge in [-0.3, -0.25) is 0 Å². The Morgan fingerprint density at radius 2 is 1.70 bits per heavy atom. The minimum absolute atomic E-state index is 0.579. The Morgan fingerprint density at radius 1 is 1.05 bits per heavy atom. The third-order valence-corrected chi connectivity index (χ3v) is 3.00. The Labute approximate surface area is 124 Å². The molecule has 0 unspecified atom stereocenters. The maximum absolute atomic E-state index is 5.86. The highest BCUT2D eigenvalue weighted by Crippen LogP contribution is 2.13. The smallest absolute Gasteiger partial charge is 0.131 e. The molecule has 0 atom stereocenters. The van der Waals surface area contributed by atoms with Gasteiger partial charge in [0, 0.05) is 24.2 Å². The highest BCUT2D eigenvalue weighted by Gasteiger charge is 2.00. The van der Waals surface area contributed by atoms with Gasteiger partial charge in [-0.15, -0.1) is 0 Å². The summed E-state index contributed by atoms with van der Waals surface area (Å²) >= 11 is 5.86. The van der Waals surface area contributed by atoms with Gasteiger partial charge in [0.05, 0.1) is 0 Å². The molecule has 106 valence electrons. The van der Waals surface area contributed by atoms with Crippen LogP contribution in [0.1, 0.15) is 19.4 Å². The largest absolute Gasteiger partial charge is 0.370 e. The van der Waals surface area contributed by atoms with Crippen LogP contribution in [0.4, 0.5) is 11.6 Å². The molecule has 0 saturated carbocycles. The molecule has 0 bridgehead atoms. The zero-order chi connectivity index (χ0) is 14.4. The van der Waals surface area contributed by atoms with Crippen molar-refractivity contribution in [1.29, 1.82) is 0 Å². The first-order valence-electron chi connectivity index (χ1n) is 6.67. The van der Waals surface area contributed by atoms with Gasteiger partial charge in [0.2, 0.25) is 0 Å². The van der Waals surface area contributed by atoms with E-state index >= 15 is 0 Å². The number of halogens is 1. The van der Waals surface area contributed by atoms with E-state index < -0.39 is 0 Å². The van der Waals surface area contributed by atoms with Crippen molar-refractivity contribution in [1.82, 2.24) is 9.97 Å². The molecule has 0 aliphatic rings. The molecule has 0 spiro atoms. The van der Waals surface area contributed by atoms with Crippen molar-refractivity contribution in [2.45, 2.75) is 20.4 Å². The fourth-order valence-electron chi connectivity index (χ4n) is 1.65. The first kappa shape index (κ1) is 14.6. The second-order valence-corrected chi connectivity index (χ2v) is 5.48. The summed E-state index contributed by atoms with van der Waals surface area (Å²) in [5.74, 6) is 2.23. The molecule has 0 aliphatic heterocycles. The molecule has 0 saturated heterocycles. The van der Waals surface area contributed by atoms with Crippen LogP contribution >= 0.6 is 11.6 Å². The van der Waals surface area contributed by atoms with Crippen LogP contribution in [0, 0.1) is 5.92 Å². The van der Waals surface area contributed by atoms with Crippen LogP contribution in [0.5, 0.6) is 0 Å². The molecule has 0 radical (unpaired) electrons. The molecule has 0 fully saturated rings. The van der Waals surface area contributed by atoms with E-state index in [-0.39, 0.29) is 0 Å². The normalized spacial score (nSPS) is 10.6. The Hall–Kier alpha value is -1.81. The molecule has 1 aromatic carbocycles. The molecular formula is C15H19ClN4. The van der Waals surface area contributed by atoms with Crippen LogP contribution in [0.15, 0.2) is 36.7 Å². The first-order valence-corrected chi connectivity index (χ1v) is 7.05. The van der Waals surface area contributed by atoms with Crippen LogP contribution < -0.4 is 10.6 Å². The Kier molecular flexibility index (Phi) is 5.18. The summed E-state index contributed by atoms with van der Waals surface area (Å²) in [5.41, 5.74) is 1.16. The average molecular weight is 291 g/mol. The van der Waals surface area contributed by atoms with E-state index in [0.29, 0.717) is 12.5 Å². The topological polar surface area (TPSA) is 49.8 Å². The molecular weight excluding hydrogens is 272 g/mol. The number of hydrogen-bond donors (Lipinski definition) is 2. The second-order valence-electron chi connectivity index (χ2n) is 5.04. The second kappa shape index (κ2) is 7.10. The van der Waals surface area contributed by atoms with Crippen LogP contribution in [0.2, 0.25) is 5.02 Å². The molecule has 2 aromatic rings. The predicted molar refractivity (Wildman–Crippen MR) is 84.1 cm³/mol. The van der Waals surface area contributed by atoms with Crippen LogP contribution in [-0.2, 0) is 6.54 Å². The van der Waals surface area contributed by atoms with E-state index in [1.807, 2.05) is 30.3 Å². The van der Waals surface area contributed by atoms with Crippen LogP contribution in [-0.4, -0.2) is 16.5 Å². The number of benzene rings is 1. The number of nitrogens with one attached hydrogen (secondary N) is 2.